The van der Waals surface area contributed by atoms with Gasteiger partial charge in [0, 0.05) is 12.6 Å². The summed E-state index contributed by atoms with van der Waals surface area (Å²) in [4.78, 5) is 0. The summed E-state index contributed by atoms with van der Waals surface area (Å²) >= 11 is 0. The minimum atomic E-state index is -0.791. The number of rotatable bonds is 9. The van der Waals surface area contributed by atoms with Crippen molar-refractivity contribution >= 4 is 0 Å². The Morgan fingerprint density at radius 3 is 2.57 bits per heavy atom. The molecule has 0 spiro atoms. The molecule has 1 aliphatic carbocycles. The molecule has 0 saturated heterocycles. The normalized spacial score (nSPS) is 17.7. The molecule has 0 amide bonds. The summed E-state index contributed by atoms with van der Waals surface area (Å²) in [6.07, 6.45) is 4.27. The molecule has 4 heteroatoms. The largest absolute Gasteiger partial charge is 0.377 e. The Morgan fingerprint density at radius 1 is 1.24 bits per heavy atom. The lowest BCUT2D eigenvalue weighted by Gasteiger charge is -2.28. The van der Waals surface area contributed by atoms with Crippen LogP contribution in [0.15, 0.2) is 18.2 Å². The van der Waals surface area contributed by atoms with Crippen molar-refractivity contribution in [2.75, 3.05) is 13.2 Å². The van der Waals surface area contributed by atoms with Crippen LogP contribution in [0, 0.1) is 17.6 Å². The minimum Gasteiger partial charge on any atom is -0.377 e. The Balaban J connectivity index is 2.08. The van der Waals surface area contributed by atoms with E-state index in [1.54, 1.807) is 6.07 Å². The summed E-state index contributed by atoms with van der Waals surface area (Å²) in [6, 6.07) is 4.32. The van der Waals surface area contributed by atoms with E-state index in [1.165, 1.54) is 25.0 Å². The molecule has 1 aliphatic rings. The molecule has 1 aromatic rings. The van der Waals surface area contributed by atoms with Crippen LogP contribution in [0.2, 0.25) is 0 Å². The van der Waals surface area contributed by atoms with Gasteiger partial charge in [-0.1, -0.05) is 13.0 Å². The molecular weight excluding hydrogens is 272 g/mol. The lowest BCUT2D eigenvalue weighted by atomic mass is 9.97. The number of hydrogen-bond donors (Lipinski definition) is 1. The predicted octanol–water partition coefficient (Wildman–Crippen LogP) is 3.69. The first-order valence-corrected chi connectivity index (χ1v) is 7.94. The van der Waals surface area contributed by atoms with E-state index < -0.39 is 11.6 Å². The minimum absolute atomic E-state index is 0.155. The number of halogens is 2. The summed E-state index contributed by atoms with van der Waals surface area (Å²) in [5.41, 5.74) is 0.813. The van der Waals surface area contributed by atoms with Gasteiger partial charge in [-0.15, -0.1) is 0 Å². The quantitative estimate of drug-likeness (QED) is 0.750. The van der Waals surface area contributed by atoms with E-state index in [-0.39, 0.29) is 12.1 Å². The van der Waals surface area contributed by atoms with Gasteiger partial charge in [-0.25, -0.2) is 8.78 Å². The standard InChI is InChI=1S/C17H25F2NO/c1-3-9-20-16(17(21-4-2)13-6-7-13)11-12-5-8-14(18)15(19)10-12/h5,8,10,13,16-17,20H,3-4,6-7,9,11H2,1-2H3. The van der Waals surface area contributed by atoms with Crippen molar-refractivity contribution in [2.24, 2.45) is 5.92 Å². The van der Waals surface area contributed by atoms with Gasteiger partial charge >= 0.3 is 0 Å². The third-order valence-electron chi connectivity index (χ3n) is 3.94. The maximum Gasteiger partial charge on any atom is 0.159 e. The van der Waals surface area contributed by atoms with Crippen LogP contribution in [-0.4, -0.2) is 25.3 Å². The van der Waals surface area contributed by atoms with Crippen molar-refractivity contribution in [3.63, 3.8) is 0 Å². The SMILES string of the molecule is CCCNC(Cc1ccc(F)c(F)c1)C(OCC)C1CC1. The molecule has 2 nitrogen and oxygen atoms in total. The Labute approximate surface area is 125 Å². The smallest absolute Gasteiger partial charge is 0.159 e. The van der Waals surface area contributed by atoms with Crippen LogP contribution < -0.4 is 5.32 Å². The van der Waals surface area contributed by atoms with Gasteiger partial charge in [0.25, 0.3) is 0 Å². The molecule has 1 aromatic carbocycles. The van der Waals surface area contributed by atoms with Crippen LogP contribution in [0.25, 0.3) is 0 Å². The van der Waals surface area contributed by atoms with Gasteiger partial charge in [-0.2, -0.15) is 0 Å². The highest BCUT2D eigenvalue weighted by atomic mass is 19.2. The molecule has 0 radical (unpaired) electrons. The van der Waals surface area contributed by atoms with Gasteiger partial charge < -0.3 is 10.1 Å². The molecule has 1 saturated carbocycles. The van der Waals surface area contributed by atoms with Crippen molar-refractivity contribution in [2.45, 2.75) is 51.7 Å². The zero-order chi connectivity index (χ0) is 15.2. The lowest BCUT2D eigenvalue weighted by Crippen LogP contribution is -2.44. The van der Waals surface area contributed by atoms with Gasteiger partial charge in [0.05, 0.1) is 6.10 Å². The number of hydrogen-bond acceptors (Lipinski definition) is 2. The molecule has 0 bridgehead atoms. The molecule has 2 rings (SSSR count). The fraction of sp³-hybridized carbons (Fsp3) is 0.647. The van der Waals surface area contributed by atoms with E-state index in [1.807, 2.05) is 6.92 Å². The molecular formula is C17H25F2NO. The average molecular weight is 297 g/mol. The maximum absolute atomic E-state index is 13.4. The highest BCUT2D eigenvalue weighted by Crippen LogP contribution is 2.36. The van der Waals surface area contributed by atoms with Crippen molar-refractivity contribution in [1.29, 1.82) is 0 Å². The van der Waals surface area contributed by atoms with Gasteiger partial charge in [0.2, 0.25) is 0 Å². The maximum atomic E-state index is 13.4. The monoisotopic (exact) mass is 297 g/mol. The highest BCUT2D eigenvalue weighted by molar-refractivity contribution is 5.19. The molecule has 1 N–H and O–H groups in total. The Kier molecular flexibility index (Phi) is 6.12. The number of ether oxygens (including phenoxy) is 1. The molecule has 2 unspecified atom stereocenters. The van der Waals surface area contributed by atoms with Crippen LogP contribution in [-0.2, 0) is 11.2 Å². The van der Waals surface area contributed by atoms with Crippen molar-refractivity contribution in [3.8, 4) is 0 Å². The molecule has 0 aromatic heterocycles. The third-order valence-corrected chi connectivity index (χ3v) is 3.94. The van der Waals surface area contributed by atoms with Gasteiger partial charge in [0.15, 0.2) is 11.6 Å². The molecule has 1 fully saturated rings. The van der Waals surface area contributed by atoms with Gasteiger partial charge in [-0.3, -0.25) is 0 Å². The van der Waals surface area contributed by atoms with Crippen LogP contribution in [0.3, 0.4) is 0 Å². The molecule has 0 aliphatic heterocycles. The van der Waals surface area contributed by atoms with E-state index in [9.17, 15) is 8.78 Å². The summed E-state index contributed by atoms with van der Waals surface area (Å²) in [7, 11) is 0. The molecule has 118 valence electrons. The van der Waals surface area contributed by atoms with Gasteiger partial charge in [-0.05, 0) is 62.8 Å². The second-order valence-electron chi connectivity index (χ2n) is 5.77. The van der Waals surface area contributed by atoms with Crippen LogP contribution >= 0.6 is 0 Å². The number of benzene rings is 1. The van der Waals surface area contributed by atoms with Crippen molar-refractivity contribution < 1.29 is 13.5 Å². The third kappa shape index (κ3) is 4.75. The predicted molar refractivity (Wildman–Crippen MR) is 80.3 cm³/mol. The second-order valence-corrected chi connectivity index (χ2v) is 5.77. The molecule has 21 heavy (non-hydrogen) atoms. The Morgan fingerprint density at radius 2 is 2.00 bits per heavy atom. The zero-order valence-corrected chi connectivity index (χ0v) is 12.9. The number of nitrogens with one attached hydrogen (secondary N) is 1. The van der Waals surface area contributed by atoms with E-state index in [0.717, 1.165) is 18.5 Å². The Bertz CT molecular complexity index is 448. The summed E-state index contributed by atoms with van der Waals surface area (Å²) in [5.74, 6) is -0.967. The van der Waals surface area contributed by atoms with Gasteiger partial charge in [0.1, 0.15) is 0 Å². The summed E-state index contributed by atoms with van der Waals surface area (Å²) in [5, 5.41) is 3.52. The first-order valence-electron chi connectivity index (χ1n) is 7.94. The topological polar surface area (TPSA) is 21.3 Å². The molecule has 0 heterocycles. The van der Waals surface area contributed by atoms with Crippen molar-refractivity contribution in [1.82, 2.24) is 5.32 Å². The fourth-order valence-electron chi connectivity index (χ4n) is 2.75. The van der Waals surface area contributed by atoms with E-state index in [0.29, 0.717) is 18.9 Å². The van der Waals surface area contributed by atoms with Crippen LogP contribution in [0.4, 0.5) is 8.78 Å². The molecule has 2 atom stereocenters. The van der Waals surface area contributed by atoms with E-state index >= 15 is 0 Å². The first kappa shape index (κ1) is 16.4. The average Bonchev–Trinajstić information content (AvgIpc) is 3.29. The van der Waals surface area contributed by atoms with Crippen molar-refractivity contribution in [3.05, 3.63) is 35.4 Å². The van der Waals surface area contributed by atoms with Crippen LogP contribution in [0.5, 0.6) is 0 Å². The lowest BCUT2D eigenvalue weighted by molar-refractivity contribution is 0.0192. The first-order chi connectivity index (χ1) is 10.2. The highest BCUT2D eigenvalue weighted by Gasteiger charge is 2.37. The summed E-state index contributed by atoms with van der Waals surface area (Å²) in [6.45, 7) is 5.71. The zero-order valence-electron chi connectivity index (χ0n) is 12.9. The van der Waals surface area contributed by atoms with E-state index in [4.69, 9.17) is 4.74 Å². The second kappa shape index (κ2) is 7.85. The fourth-order valence-corrected chi connectivity index (χ4v) is 2.75. The Hall–Kier alpha value is -1.00. The van der Waals surface area contributed by atoms with Crippen LogP contribution in [0.1, 0.15) is 38.7 Å². The summed E-state index contributed by atoms with van der Waals surface area (Å²) < 4.78 is 32.3. The van der Waals surface area contributed by atoms with E-state index in [2.05, 4.69) is 12.2 Å².